The van der Waals surface area contributed by atoms with Gasteiger partial charge >= 0.3 is 5.97 Å². The van der Waals surface area contributed by atoms with Gasteiger partial charge in [-0.1, -0.05) is 18.5 Å². The molecule has 0 heterocycles. The van der Waals surface area contributed by atoms with Crippen LogP contribution >= 0.6 is 11.6 Å². The third kappa shape index (κ3) is 5.35. The van der Waals surface area contributed by atoms with Crippen molar-refractivity contribution in [2.75, 3.05) is 32.6 Å². The number of amides is 2. The molecular weight excluding hydrogens is 348 g/mol. The SMILES string of the molecule is COc1ccc(Cl)cc1NC(=O)CN(C)C(=O)COC(=O)[C@@H]1C[C@H]1C. The lowest BCUT2D eigenvalue weighted by atomic mass is 10.3. The van der Waals surface area contributed by atoms with Crippen molar-refractivity contribution < 1.29 is 23.9 Å². The van der Waals surface area contributed by atoms with Gasteiger partial charge in [0.05, 0.1) is 25.3 Å². The molecule has 136 valence electrons. The molecule has 2 rings (SSSR count). The van der Waals surface area contributed by atoms with Gasteiger partial charge in [0.1, 0.15) is 5.75 Å². The predicted molar refractivity (Wildman–Crippen MR) is 92.5 cm³/mol. The monoisotopic (exact) mass is 368 g/mol. The molecule has 1 aromatic rings. The van der Waals surface area contributed by atoms with Crippen LogP contribution in [0.1, 0.15) is 13.3 Å². The Morgan fingerprint density at radius 2 is 2.04 bits per heavy atom. The van der Waals surface area contributed by atoms with Crippen LogP contribution in [0.2, 0.25) is 5.02 Å². The van der Waals surface area contributed by atoms with Gasteiger partial charge in [0.2, 0.25) is 5.91 Å². The highest BCUT2D eigenvalue weighted by Gasteiger charge is 2.40. The molecule has 7 nitrogen and oxygen atoms in total. The summed E-state index contributed by atoms with van der Waals surface area (Å²) in [5, 5.41) is 3.08. The summed E-state index contributed by atoms with van der Waals surface area (Å²) in [5.41, 5.74) is 0.412. The van der Waals surface area contributed by atoms with E-state index >= 15 is 0 Å². The number of nitrogens with one attached hydrogen (secondary N) is 1. The van der Waals surface area contributed by atoms with Gasteiger partial charge in [-0.15, -0.1) is 0 Å². The van der Waals surface area contributed by atoms with Crippen molar-refractivity contribution >= 4 is 35.1 Å². The van der Waals surface area contributed by atoms with Gasteiger partial charge in [0.15, 0.2) is 6.61 Å². The third-order valence-corrected chi connectivity index (χ3v) is 4.23. The summed E-state index contributed by atoms with van der Waals surface area (Å²) < 4.78 is 10.1. The highest BCUT2D eigenvalue weighted by atomic mass is 35.5. The number of anilines is 1. The molecule has 2 atom stereocenters. The van der Waals surface area contributed by atoms with Gasteiger partial charge in [-0.3, -0.25) is 14.4 Å². The quantitative estimate of drug-likeness (QED) is 0.743. The van der Waals surface area contributed by atoms with Gasteiger partial charge in [0.25, 0.3) is 5.91 Å². The molecule has 0 radical (unpaired) electrons. The minimum absolute atomic E-state index is 0.100. The zero-order valence-electron chi connectivity index (χ0n) is 14.4. The van der Waals surface area contributed by atoms with Crippen molar-refractivity contribution in [2.45, 2.75) is 13.3 Å². The van der Waals surface area contributed by atoms with Gasteiger partial charge in [0, 0.05) is 12.1 Å². The topological polar surface area (TPSA) is 84.9 Å². The van der Waals surface area contributed by atoms with E-state index in [2.05, 4.69) is 5.32 Å². The Morgan fingerprint density at radius 1 is 1.36 bits per heavy atom. The fourth-order valence-electron chi connectivity index (χ4n) is 2.27. The summed E-state index contributed by atoms with van der Waals surface area (Å²) in [7, 11) is 2.94. The van der Waals surface area contributed by atoms with Crippen LogP contribution in [-0.2, 0) is 19.1 Å². The second kappa shape index (κ2) is 8.20. The minimum Gasteiger partial charge on any atom is -0.495 e. The van der Waals surface area contributed by atoms with E-state index in [0.717, 1.165) is 6.42 Å². The van der Waals surface area contributed by atoms with E-state index in [1.807, 2.05) is 6.92 Å². The van der Waals surface area contributed by atoms with Gasteiger partial charge in [-0.2, -0.15) is 0 Å². The molecule has 8 heteroatoms. The van der Waals surface area contributed by atoms with Crippen LogP contribution in [-0.4, -0.2) is 50.0 Å². The van der Waals surface area contributed by atoms with Crippen molar-refractivity contribution in [2.24, 2.45) is 11.8 Å². The molecule has 25 heavy (non-hydrogen) atoms. The van der Waals surface area contributed by atoms with E-state index in [1.165, 1.54) is 19.1 Å². The Hall–Kier alpha value is -2.28. The summed E-state index contributed by atoms with van der Waals surface area (Å²) in [6, 6.07) is 4.82. The highest BCUT2D eigenvalue weighted by molar-refractivity contribution is 6.31. The average Bonchev–Trinajstić information content (AvgIpc) is 3.29. The Labute approximate surface area is 151 Å². The van der Waals surface area contributed by atoms with Crippen molar-refractivity contribution in [3.63, 3.8) is 0 Å². The van der Waals surface area contributed by atoms with Gasteiger partial charge in [-0.25, -0.2) is 0 Å². The van der Waals surface area contributed by atoms with Gasteiger partial charge in [-0.05, 0) is 30.5 Å². The van der Waals surface area contributed by atoms with Crippen LogP contribution in [0.3, 0.4) is 0 Å². The second-order valence-electron chi connectivity index (χ2n) is 6.07. The van der Waals surface area contributed by atoms with E-state index in [0.29, 0.717) is 22.4 Å². The van der Waals surface area contributed by atoms with Crippen LogP contribution < -0.4 is 10.1 Å². The number of methoxy groups -OCH3 is 1. The van der Waals surface area contributed by atoms with Crippen molar-refractivity contribution in [1.29, 1.82) is 0 Å². The maximum absolute atomic E-state index is 12.1. The highest BCUT2D eigenvalue weighted by Crippen LogP contribution is 2.38. The summed E-state index contributed by atoms with van der Waals surface area (Å²) >= 11 is 5.91. The molecule has 0 bridgehead atoms. The van der Waals surface area contributed by atoms with E-state index in [1.54, 1.807) is 18.2 Å². The van der Waals surface area contributed by atoms with Gasteiger partial charge < -0.3 is 19.7 Å². The van der Waals surface area contributed by atoms with E-state index < -0.39 is 11.8 Å². The molecular formula is C17H21ClN2O5. The minimum atomic E-state index is -0.449. The number of carbonyl (C=O) groups is 3. The molecule has 0 unspecified atom stereocenters. The lowest BCUT2D eigenvalue weighted by Crippen LogP contribution is -2.37. The number of hydrogen-bond acceptors (Lipinski definition) is 5. The lowest BCUT2D eigenvalue weighted by molar-refractivity contribution is -0.153. The summed E-state index contributed by atoms with van der Waals surface area (Å²) in [4.78, 5) is 36.9. The lowest BCUT2D eigenvalue weighted by Gasteiger charge is -2.17. The van der Waals surface area contributed by atoms with Crippen molar-refractivity contribution in [3.8, 4) is 5.75 Å². The maximum atomic E-state index is 12.1. The van der Waals surface area contributed by atoms with Crippen LogP contribution in [0.25, 0.3) is 0 Å². The fourth-order valence-corrected chi connectivity index (χ4v) is 2.44. The van der Waals surface area contributed by atoms with Crippen LogP contribution in [0.4, 0.5) is 5.69 Å². The summed E-state index contributed by atoms with van der Waals surface area (Å²) in [5.74, 6) is -0.550. The number of esters is 1. The Morgan fingerprint density at radius 3 is 2.64 bits per heavy atom. The third-order valence-electron chi connectivity index (χ3n) is 3.99. The number of ether oxygens (including phenoxy) is 2. The summed E-state index contributed by atoms with van der Waals surface area (Å²) in [6.07, 6.45) is 0.798. The Balaban J connectivity index is 1.82. The normalized spacial score (nSPS) is 18.2. The molecule has 1 aliphatic carbocycles. The van der Waals surface area contributed by atoms with E-state index in [9.17, 15) is 14.4 Å². The van der Waals surface area contributed by atoms with Crippen LogP contribution in [0.15, 0.2) is 18.2 Å². The number of carbonyl (C=O) groups excluding carboxylic acids is 3. The number of halogens is 1. The fraction of sp³-hybridized carbons (Fsp3) is 0.471. The average molecular weight is 369 g/mol. The number of benzene rings is 1. The first-order chi connectivity index (χ1) is 11.8. The smallest absolute Gasteiger partial charge is 0.309 e. The number of likely N-dealkylation sites (N-methyl/N-ethyl adjacent to an activating group) is 1. The molecule has 2 amide bonds. The van der Waals surface area contributed by atoms with Crippen LogP contribution in [0.5, 0.6) is 5.75 Å². The molecule has 1 aliphatic rings. The first-order valence-electron chi connectivity index (χ1n) is 7.85. The molecule has 0 aromatic heterocycles. The molecule has 1 fully saturated rings. The van der Waals surface area contributed by atoms with Crippen molar-refractivity contribution in [3.05, 3.63) is 23.2 Å². The second-order valence-corrected chi connectivity index (χ2v) is 6.51. The molecule has 0 spiro atoms. The molecule has 0 aliphatic heterocycles. The number of rotatable bonds is 7. The molecule has 1 saturated carbocycles. The number of nitrogens with zero attached hydrogens (tertiary/aromatic N) is 1. The Bertz CT molecular complexity index is 679. The van der Waals surface area contributed by atoms with E-state index in [-0.39, 0.29) is 25.0 Å². The van der Waals surface area contributed by atoms with E-state index in [4.69, 9.17) is 21.1 Å². The molecule has 1 N–H and O–H groups in total. The zero-order chi connectivity index (χ0) is 18.6. The first kappa shape index (κ1) is 19.1. The maximum Gasteiger partial charge on any atom is 0.309 e. The Kier molecular flexibility index (Phi) is 6.25. The first-order valence-corrected chi connectivity index (χ1v) is 8.23. The zero-order valence-corrected chi connectivity index (χ0v) is 15.1. The largest absolute Gasteiger partial charge is 0.495 e. The summed E-state index contributed by atoms with van der Waals surface area (Å²) in [6.45, 7) is 1.40. The van der Waals surface area contributed by atoms with Crippen molar-refractivity contribution in [1.82, 2.24) is 4.90 Å². The predicted octanol–water partition coefficient (Wildman–Crippen LogP) is 1.94. The van der Waals surface area contributed by atoms with Crippen LogP contribution in [0, 0.1) is 11.8 Å². The number of hydrogen-bond donors (Lipinski definition) is 1. The molecule has 1 aromatic carbocycles. The molecule has 0 saturated heterocycles. The standard InChI is InChI=1S/C17H21ClN2O5/c1-10-6-12(10)17(23)25-9-16(22)20(2)8-15(21)19-13-7-11(18)4-5-14(13)24-3/h4-5,7,10,12H,6,8-9H2,1-3H3,(H,19,21)/t10-,12-/m1/s1.